The molecule has 6 nitrogen and oxygen atoms in total. The summed E-state index contributed by atoms with van der Waals surface area (Å²) in [6.45, 7) is 1.30. The molecule has 0 bridgehead atoms. The van der Waals surface area contributed by atoms with Gasteiger partial charge in [0.25, 0.3) is 5.91 Å². The number of hydrogen-bond acceptors (Lipinski definition) is 5. The van der Waals surface area contributed by atoms with Gasteiger partial charge in [0, 0.05) is 17.5 Å². The van der Waals surface area contributed by atoms with Gasteiger partial charge in [-0.05, 0) is 48.6 Å². The van der Waals surface area contributed by atoms with Gasteiger partial charge in [-0.3, -0.25) is 4.79 Å². The number of alkyl halides is 3. The minimum absolute atomic E-state index is 0.249. The number of likely N-dealkylation sites (tertiary alicyclic amines) is 1. The number of nitrogens with two attached hydrogens (primary N) is 1. The zero-order valence-electron chi connectivity index (χ0n) is 17.2. The molecule has 1 amide bonds. The molecular weight excluding hydrogens is 421 g/mol. The fourth-order valence-corrected chi connectivity index (χ4v) is 4.55. The van der Waals surface area contributed by atoms with Gasteiger partial charge >= 0.3 is 6.18 Å². The number of hydrogen-bond donors (Lipinski definition) is 1. The largest absolute Gasteiger partial charge is 0.416 e. The summed E-state index contributed by atoms with van der Waals surface area (Å²) in [5, 5.41) is 0.785. The van der Waals surface area contributed by atoms with Crippen molar-refractivity contribution in [1.82, 2.24) is 14.9 Å². The Hall–Kier alpha value is -3.20. The zero-order chi connectivity index (χ0) is 22.5. The molecule has 0 radical (unpaired) electrons. The molecular formula is C23H21F3N4O2. The second kappa shape index (κ2) is 7.74. The Morgan fingerprint density at radius 3 is 2.62 bits per heavy atom. The molecule has 3 aromatic rings. The van der Waals surface area contributed by atoms with Crippen molar-refractivity contribution in [3.8, 4) is 0 Å². The third-order valence-corrected chi connectivity index (χ3v) is 6.22. The van der Waals surface area contributed by atoms with E-state index in [0.717, 1.165) is 41.5 Å². The third-order valence-electron chi connectivity index (χ3n) is 6.22. The molecule has 1 atom stereocenters. The van der Waals surface area contributed by atoms with Crippen molar-refractivity contribution in [3.63, 3.8) is 0 Å². The number of halogens is 3. The molecule has 0 saturated carbocycles. The van der Waals surface area contributed by atoms with Crippen LogP contribution in [0.4, 0.5) is 19.0 Å². The number of fused-ring (bicyclic) bond motifs is 3. The summed E-state index contributed by atoms with van der Waals surface area (Å²) in [4.78, 5) is 23.8. The van der Waals surface area contributed by atoms with Crippen LogP contribution in [-0.2, 0) is 24.1 Å². The SMILES string of the molecule is Nc1nc2cnc(C(=O)N3CCCCC3c3ccc(C(F)(F)F)cc3)cc2c2c1COC2. The molecule has 0 aliphatic carbocycles. The molecule has 4 heterocycles. The topological polar surface area (TPSA) is 81.3 Å². The average molecular weight is 442 g/mol. The van der Waals surface area contributed by atoms with E-state index in [1.54, 1.807) is 11.0 Å². The summed E-state index contributed by atoms with van der Waals surface area (Å²) >= 11 is 0. The highest BCUT2D eigenvalue weighted by molar-refractivity contribution is 5.97. The Morgan fingerprint density at radius 2 is 1.88 bits per heavy atom. The van der Waals surface area contributed by atoms with Gasteiger partial charge in [-0.25, -0.2) is 9.97 Å². The monoisotopic (exact) mass is 442 g/mol. The van der Waals surface area contributed by atoms with Crippen LogP contribution in [0.2, 0.25) is 0 Å². The van der Waals surface area contributed by atoms with E-state index in [9.17, 15) is 18.0 Å². The van der Waals surface area contributed by atoms with Crippen molar-refractivity contribution in [3.05, 3.63) is 64.5 Å². The van der Waals surface area contributed by atoms with Gasteiger partial charge in [0.05, 0.1) is 36.5 Å². The lowest BCUT2D eigenvalue weighted by atomic mass is 9.94. The van der Waals surface area contributed by atoms with Gasteiger partial charge in [-0.15, -0.1) is 0 Å². The third kappa shape index (κ3) is 3.56. The van der Waals surface area contributed by atoms with Crippen molar-refractivity contribution >= 4 is 22.6 Å². The molecule has 2 aliphatic heterocycles. The second-order valence-electron chi connectivity index (χ2n) is 8.16. The first-order valence-corrected chi connectivity index (χ1v) is 10.5. The lowest BCUT2D eigenvalue weighted by Crippen LogP contribution is -2.39. The van der Waals surface area contributed by atoms with E-state index in [1.165, 1.54) is 18.3 Å². The molecule has 1 unspecified atom stereocenters. The number of aromatic nitrogens is 2. The van der Waals surface area contributed by atoms with Crippen LogP contribution in [0.3, 0.4) is 0 Å². The molecule has 2 N–H and O–H groups in total. The average Bonchev–Trinajstić information content (AvgIpc) is 3.29. The molecule has 0 spiro atoms. The molecule has 1 aromatic carbocycles. The number of nitrogens with zero attached hydrogens (tertiary/aromatic N) is 3. The fraction of sp³-hybridized carbons (Fsp3) is 0.348. The highest BCUT2D eigenvalue weighted by Gasteiger charge is 2.33. The van der Waals surface area contributed by atoms with E-state index in [2.05, 4.69) is 9.97 Å². The number of amides is 1. The Kier molecular flexibility index (Phi) is 5.00. The summed E-state index contributed by atoms with van der Waals surface area (Å²) in [6.07, 6.45) is -0.440. The minimum Gasteiger partial charge on any atom is -0.383 e. The molecule has 1 saturated heterocycles. The number of carbonyl (C=O) groups is 1. The van der Waals surface area contributed by atoms with E-state index >= 15 is 0 Å². The number of rotatable bonds is 2. The van der Waals surface area contributed by atoms with Crippen molar-refractivity contribution < 1.29 is 22.7 Å². The minimum atomic E-state index is -4.39. The summed E-state index contributed by atoms with van der Waals surface area (Å²) < 4.78 is 44.3. The van der Waals surface area contributed by atoms with Crippen LogP contribution in [0.5, 0.6) is 0 Å². The summed E-state index contributed by atoms with van der Waals surface area (Å²) in [7, 11) is 0. The van der Waals surface area contributed by atoms with Gasteiger partial charge < -0.3 is 15.4 Å². The predicted molar refractivity (Wildman–Crippen MR) is 112 cm³/mol. The van der Waals surface area contributed by atoms with Crippen molar-refractivity contribution in [2.75, 3.05) is 12.3 Å². The number of benzene rings is 1. The fourth-order valence-electron chi connectivity index (χ4n) is 4.55. The van der Waals surface area contributed by atoms with Crippen LogP contribution in [0.25, 0.3) is 10.9 Å². The standard InChI is InChI=1S/C23H21F3N4O2/c24-23(25,26)14-6-4-13(5-7-14)20-3-1-2-8-30(20)22(31)18-9-15-16-11-32-12-17(16)21(27)29-19(15)10-28-18/h4-7,9-10,20H,1-3,8,11-12H2,(H2,27,29). The predicted octanol–water partition coefficient (Wildman–Crippen LogP) is 4.63. The number of ether oxygens (including phenoxy) is 1. The molecule has 2 aliphatic rings. The Balaban J connectivity index is 1.48. The summed E-state index contributed by atoms with van der Waals surface area (Å²) in [6, 6.07) is 6.49. The van der Waals surface area contributed by atoms with E-state index in [0.29, 0.717) is 43.1 Å². The Bertz CT molecular complexity index is 1190. The van der Waals surface area contributed by atoms with Crippen LogP contribution in [0.15, 0.2) is 36.5 Å². The first kappa shape index (κ1) is 20.7. The van der Waals surface area contributed by atoms with Gasteiger partial charge in [-0.2, -0.15) is 13.2 Å². The first-order valence-electron chi connectivity index (χ1n) is 10.5. The van der Waals surface area contributed by atoms with Crippen molar-refractivity contribution in [1.29, 1.82) is 0 Å². The van der Waals surface area contributed by atoms with Crippen molar-refractivity contribution in [2.45, 2.75) is 44.7 Å². The van der Waals surface area contributed by atoms with Crippen LogP contribution in [0, 0.1) is 0 Å². The Morgan fingerprint density at radius 1 is 1.12 bits per heavy atom. The van der Waals surface area contributed by atoms with Crippen LogP contribution in [-0.4, -0.2) is 27.3 Å². The summed E-state index contributed by atoms with van der Waals surface area (Å²) in [5.74, 6) is 0.158. The van der Waals surface area contributed by atoms with Gasteiger partial charge in [0.1, 0.15) is 11.5 Å². The van der Waals surface area contributed by atoms with E-state index in [-0.39, 0.29) is 17.6 Å². The molecule has 1 fully saturated rings. The molecule has 166 valence electrons. The van der Waals surface area contributed by atoms with Crippen LogP contribution < -0.4 is 5.73 Å². The smallest absolute Gasteiger partial charge is 0.383 e. The maximum absolute atomic E-state index is 13.4. The number of piperidine rings is 1. The molecule has 5 rings (SSSR count). The Labute approximate surface area is 182 Å². The van der Waals surface area contributed by atoms with Crippen LogP contribution in [0.1, 0.15) is 58.0 Å². The second-order valence-corrected chi connectivity index (χ2v) is 8.16. The van der Waals surface area contributed by atoms with Gasteiger partial charge in [0.15, 0.2) is 0 Å². The highest BCUT2D eigenvalue weighted by atomic mass is 19.4. The van der Waals surface area contributed by atoms with Crippen LogP contribution >= 0.6 is 0 Å². The maximum Gasteiger partial charge on any atom is 0.416 e. The number of pyridine rings is 2. The number of anilines is 1. The number of nitrogen functional groups attached to an aromatic ring is 1. The maximum atomic E-state index is 13.4. The van der Waals surface area contributed by atoms with E-state index < -0.39 is 11.7 Å². The van der Waals surface area contributed by atoms with E-state index in [4.69, 9.17) is 10.5 Å². The molecule has 32 heavy (non-hydrogen) atoms. The normalized spacial score (nSPS) is 18.7. The highest BCUT2D eigenvalue weighted by Crippen LogP contribution is 2.36. The molecule has 2 aromatic heterocycles. The summed E-state index contributed by atoms with van der Waals surface area (Å²) in [5.41, 5.74) is 8.63. The zero-order valence-corrected chi connectivity index (χ0v) is 17.2. The molecule has 9 heteroatoms. The number of carbonyl (C=O) groups excluding carboxylic acids is 1. The quantitative estimate of drug-likeness (QED) is 0.626. The lowest BCUT2D eigenvalue weighted by molar-refractivity contribution is -0.137. The van der Waals surface area contributed by atoms with Gasteiger partial charge in [-0.1, -0.05) is 12.1 Å². The van der Waals surface area contributed by atoms with Crippen molar-refractivity contribution in [2.24, 2.45) is 0 Å². The van der Waals surface area contributed by atoms with E-state index in [1.807, 2.05) is 0 Å². The van der Waals surface area contributed by atoms with Gasteiger partial charge in [0.2, 0.25) is 0 Å². The lowest BCUT2D eigenvalue weighted by Gasteiger charge is -2.36. The first-order chi connectivity index (χ1) is 15.3.